The molecule has 0 radical (unpaired) electrons. The van der Waals surface area contributed by atoms with E-state index < -0.39 is 5.91 Å². The maximum atomic E-state index is 11.2. The Morgan fingerprint density at radius 2 is 1.97 bits per heavy atom. The standard InChI is InChI=1S/C26H25N3O2/c27-26(30)19-11-14-25(29-16-19)31-24-13-10-18(20-6-3-4-8-22(20)24)15-28-23-12-9-17-5-1-2-7-21(17)23/h2-4,6-8,10-11,13-14,16,23,28H,1,5,9,12,15H2,(H2,27,30)/t23-/m1/s1. The van der Waals surface area contributed by atoms with E-state index in [1.807, 2.05) is 12.1 Å². The van der Waals surface area contributed by atoms with Crippen molar-refractivity contribution in [2.45, 2.75) is 38.3 Å². The van der Waals surface area contributed by atoms with Crippen LogP contribution in [0.5, 0.6) is 11.6 Å². The summed E-state index contributed by atoms with van der Waals surface area (Å²) in [6.07, 6.45) is 10.8. The van der Waals surface area contributed by atoms with Gasteiger partial charge in [-0.2, -0.15) is 0 Å². The van der Waals surface area contributed by atoms with E-state index in [-0.39, 0.29) is 0 Å². The molecule has 0 bridgehead atoms. The zero-order valence-electron chi connectivity index (χ0n) is 17.3. The van der Waals surface area contributed by atoms with Crippen LogP contribution >= 0.6 is 0 Å². The van der Waals surface area contributed by atoms with Gasteiger partial charge in [0.2, 0.25) is 11.8 Å². The van der Waals surface area contributed by atoms with Crippen molar-refractivity contribution in [1.29, 1.82) is 0 Å². The summed E-state index contributed by atoms with van der Waals surface area (Å²) in [5.74, 6) is 0.658. The van der Waals surface area contributed by atoms with Crippen LogP contribution in [0.2, 0.25) is 0 Å². The van der Waals surface area contributed by atoms with Crippen LogP contribution in [-0.4, -0.2) is 16.9 Å². The Balaban J connectivity index is 1.37. The van der Waals surface area contributed by atoms with Gasteiger partial charge < -0.3 is 15.8 Å². The van der Waals surface area contributed by atoms with Gasteiger partial charge in [-0.15, -0.1) is 0 Å². The van der Waals surface area contributed by atoms with E-state index in [2.05, 4.69) is 46.7 Å². The highest BCUT2D eigenvalue weighted by Gasteiger charge is 2.24. The molecule has 1 aromatic heterocycles. The number of hydrogen-bond acceptors (Lipinski definition) is 4. The van der Waals surface area contributed by atoms with Crippen LogP contribution in [0.15, 0.2) is 78.0 Å². The van der Waals surface area contributed by atoms with E-state index >= 15 is 0 Å². The smallest absolute Gasteiger partial charge is 0.250 e. The van der Waals surface area contributed by atoms with Crippen LogP contribution in [0.4, 0.5) is 0 Å². The monoisotopic (exact) mass is 411 g/mol. The van der Waals surface area contributed by atoms with Gasteiger partial charge in [-0.25, -0.2) is 4.98 Å². The number of hydrogen-bond donors (Lipinski definition) is 2. The van der Waals surface area contributed by atoms with Crippen molar-refractivity contribution < 1.29 is 9.53 Å². The molecular formula is C26H25N3O2. The average Bonchev–Trinajstić information content (AvgIpc) is 3.22. The molecule has 0 unspecified atom stereocenters. The molecule has 0 saturated heterocycles. The SMILES string of the molecule is NC(=O)c1ccc(Oc2ccc(CN[C@@H]3CCC4=C3C=CCC4)c3ccccc23)nc1. The first-order valence-corrected chi connectivity index (χ1v) is 10.8. The minimum absolute atomic E-state index is 0.358. The number of benzene rings is 2. The zero-order valence-corrected chi connectivity index (χ0v) is 17.3. The fourth-order valence-corrected chi connectivity index (χ4v) is 4.56. The predicted molar refractivity (Wildman–Crippen MR) is 122 cm³/mol. The fraction of sp³-hybridized carbons (Fsp3) is 0.231. The van der Waals surface area contributed by atoms with Crippen molar-refractivity contribution in [1.82, 2.24) is 10.3 Å². The highest BCUT2D eigenvalue weighted by molar-refractivity contribution is 5.92. The van der Waals surface area contributed by atoms with Gasteiger partial charge in [-0.1, -0.05) is 48.1 Å². The second-order valence-corrected chi connectivity index (χ2v) is 8.09. The number of nitrogens with two attached hydrogens (primary N) is 1. The number of aromatic nitrogens is 1. The first-order valence-electron chi connectivity index (χ1n) is 10.8. The van der Waals surface area contributed by atoms with Gasteiger partial charge in [0.05, 0.1) is 5.56 Å². The highest BCUT2D eigenvalue weighted by Crippen LogP contribution is 2.35. The van der Waals surface area contributed by atoms with Gasteiger partial charge in [0.15, 0.2) is 0 Å². The van der Waals surface area contributed by atoms with E-state index in [1.54, 1.807) is 17.7 Å². The van der Waals surface area contributed by atoms with Crippen LogP contribution < -0.4 is 15.8 Å². The molecule has 1 atom stereocenters. The van der Waals surface area contributed by atoms with Crippen molar-refractivity contribution in [3.05, 3.63) is 89.2 Å². The van der Waals surface area contributed by atoms with Gasteiger partial charge in [-0.05, 0) is 54.3 Å². The van der Waals surface area contributed by atoms with Crippen molar-refractivity contribution >= 4 is 16.7 Å². The summed E-state index contributed by atoms with van der Waals surface area (Å²) < 4.78 is 6.03. The molecular weight excluding hydrogens is 386 g/mol. The Morgan fingerprint density at radius 1 is 1.10 bits per heavy atom. The molecule has 0 saturated carbocycles. The molecule has 3 N–H and O–H groups in total. The number of carbonyl (C=O) groups excluding carboxylic acids is 1. The molecule has 0 fully saturated rings. The van der Waals surface area contributed by atoms with E-state index in [0.717, 1.165) is 23.1 Å². The number of pyridine rings is 1. The molecule has 1 amide bonds. The van der Waals surface area contributed by atoms with Crippen LogP contribution in [0.1, 0.15) is 41.6 Å². The van der Waals surface area contributed by atoms with Crippen LogP contribution in [0, 0.1) is 0 Å². The second-order valence-electron chi connectivity index (χ2n) is 8.09. The van der Waals surface area contributed by atoms with Crippen LogP contribution in [0.3, 0.4) is 0 Å². The third-order valence-corrected chi connectivity index (χ3v) is 6.18. The first kappa shape index (κ1) is 19.5. The zero-order chi connectivity index (χ0) is 21.2. The van der Waals surface area contributed by atoms with Gasteiger partial charge in [0.25, 0.3) is 0 Å². The molecule has 2 aliphatic carbocycles. The first-order chi connectivity index (χ1) is 15.2. The van der Waals surface area contributed by atoms with Crippen LogP contribution in [0.25, 0.3) is 10.8 Å². The number of amides is 1. The summed E-state index contributed by atoms with van der Waals surface area (Å²) in [7, 11) is 0. The summed E-state index contributed by atoms with van der Waals surface area (Å²) in [5.41, 5.74) is 10.0. The van der Waals surface area contributed by atoms with Crippen molar-refractivity contribution in [2.24, 2.45) is 5.73 Å². The van der Waals surface area contributed by atoms with Gasteiger partial charge in [0.1, 0.15) is 5.75 Å². The summed E-state index contributed by atoms with van der Waals surface area (Å²) in [6.45, 7) is 0.807. The largest absolute Gasteiger partial charge is 0.438 e. The molecule has 0 aliphatic heterocycles. The minimum Gasteiger partial charge on any atom is -0.438 e. The minimum atomic E-state index is -0.504. The Hall–Kier alpha value is -3.44. The van der Waals surface area contributed by atoms with Crippen molar-refractivity contribution in [2.75, 3.05) is 0 Å². The molecule has 156 valence electrons. The molecule has 0 spiro atoms. The Morgan fingerprint density at radius 3 is 2.77 bits per heavy atom. The van der Waals surface area contributed by atoms with Crippen LogP contribution in [-0.2, 0) is 6.54 Å². The molecule has 3 aromatic rings. The Labute approximate surface area is 181 Å². The van der Waals surface area contributed by atoms with E-state index in [0.29, 0.717) is 17.5 Å². The summed E-state index contributed by atoms with van der Waals surface area (Å²) in [4.78, 5) is 15.5. The topological polar surface area (TPSA) is 77.2 Å². The van der Waals surface area contributed by atoms with Gasteiger partial charge >= 0.3 is 0 Å². The van der Waals surface area contributed by atoms with E-state index in [9.17, 15) is 4.79 Å². The molecule has 2 aliphatic rings. The van der Waals surface area contributed by atoms with E-state index in [1.165, 1.54) is 43.0 Å². The number of nitrogens with zero attached hydrogens (tertiary/aromatic N) is 1. The van der Waals surface area contributed by atoms with Crippen molar-refractivity contribution in [3.8, 4) is 11.6 Å². The maximum absolute atomic E-state index is 11.2. The predicted octanol–water partition coefficient (Wildman–Crippen LogP) is 5.02. The lowest BCUT2D eigenvalue weighted by Crippen LogP contribution is -2.28. The lowest BCUT2D eigenvalue weighted by molar-refractivity contribution is 0.1000. The quantitative estimate of drug-likeness (QED) is 0.597. The number of primary amides is 1. The van der Waals surface area contributed by atoms with Crippen molar-refractivity contribution in [3.63, 3.8) is 0 Å². The summed E-state index contributed by atoms with van der Waals surface area (Å²) in [5, 5.41) is 5.96. The number of carbonyl (C=O) groups is 1. The average molecular weight is 412 g/mol. The third-order valence-electron chi connectivity index (χ3n) is 6.18. The number of nitrogens with one attached hydrogen (secondary N) is 1. The maximum Gasteiger partial charge on any atom is 0.250 e. The number of rotatable bonds is 6. The molecule has 5 nitrogen and oxygen atoms in total. The summed E-state index contributed by atoms with van der Waals surface area (Å²) in [6, 6.07) is 16.1. The van der Waals surface area contributed by atoms with E-state index in [4.69, 9.17) is 10.5 Å². The molecule has 5 rings (SSSR count). The summed E-state index contributed by atoms with van der Waals surface area (Å²) >= 11 is 0. The lowest BCUT2D eigenvalue weighted by atomic mass is 9.98. The fourth-order valence-electron chi connectivity index (χ4n) is 4.56. The third kappa shape index (κ3) is 3.97. The normalized spacial score (nSPS) is 17.7. The molecule has 5 heteroatoms. The Bertz CT molecular complexity index is 1200. The lowest BCUT2D eigenvalue weighted by Gasteiger charge is -2.18. The van der Waals surface area contributed by atoms with Gasteiger partial charge in [-0.3, -0.25) is 4.79 Å². The molecule has 2 aromatic carbocycles. The number of fused-ring (bicyclic) bond motifs is 1. The second kappa shape index (κ2) is 8.36. The Kier molecular flexibility index (Phi) is 5.26. The number of ether oxygens (including phenoxy) is 1. The highest BCUT2D eigenvalue weighted by atomic mass is 16.5. The number of allylic oxidation sites excluding steroid dienone is 2. The molecule has 31 heavy (non-hydrogen) atoms. The van der Waals surface area contributed by atoms with Gasteiger partial charge in [0, 0.05) is 30.2 Å². The molecule has 1 heterocycles.